The van der Waals surface area contributed by atoms with Gasteiger partial charge in [0.05, 0.1) is 18.2 Å². The molecule has 0 bridgehead atoms. The number of halogens is 2. The Kier molecular flexibility index (Phi) is 7.03. The third kappa shape index (κ3) is 5.23. The maximum atomic E-state index is 12.9. The summed E-state index contributed by atoms with van der Waals surface area (Å²) < 4.78 is 35.6. The third-order valence-corrected chi connectivity index (χ3v) is 4.93. The van der Waals surface area contributed by atoms with E-state index in [4.69, 9.17) is 4.74 Å². The number of urea groups is 1. The van der Waals surface area contributed by atoms with Crippen molar-refractivity contribution in [2.45, 2.75) is 38.8 Å². The molecule has 0 radical (unpaired) electrons. The Morgan fingerprint density at radius 3 is 2.66 bits per heavy atom. The number of amides is 2. The van der Waals surface area contributed by atoms with Crippen LogP contribution in [0.4, 0.5) is 13.6 Å². The van der Waals surface area contributed by atoms with Gasteiger partial charge in [-0.1, -0.05) is 24.6 Å². The number of carbonyl (C=O) groups is 2. The zero-order chi connectivity index (χ0) is 20.8. The second-order valence-corrected chi connectivity index (χ2v) is 6.90. The smallest absolute Gasteiger partial charge is 0.387 e. The lowest BCUT2D eigenvalue weighted by Crippen LogP contribution is -2.49. The van der Waals surface area contributed by atoms with Crippen LogP contribution in [0, 0.1) is 0 Å². The topological polar surface area (TPSA) is 79.9 Å². The molecule has 29 heavy (non-hydrogen) atoms. The van der Waals surface area contributed by atoms with E-state index in [1.54, 1.807) is 25.1 Å². The molecule has 1 aromatic carbocycles. The van der Waals surface area contributed by atoms with Crippen molar-refractivity contribution in [1.82, 2.24) is 15.5 Å². The van der Waals surface area contributed by atoms with Crippen molar-refractivity contribution < 1.29 is 27.8 Å². The van der Waals surface area contributed by atoms with Gasteiger partial charge in [-0.2, -0.15) is 8.78 Å². The zero-order valence-corrected chi connectivity index (χ0v) is 16.2. The predicted molar refractivity (Wildman–Crippen MR) is 101 cm³/mol. The molecule has 2 aliphatic rings. The van der Waals surface area contributed by atoms with Gasteiger partial charge < -0.3 is 20.1 Å². The molecule has 2 aliphatic heterocycles. The van der Waals surface area contributed by atoms with Crippen molar-refractivity contribution in [1.29, 1.82) is 0 Å². The van der Waals surface area contributed by atoms with Crippen LogP contribution >= 0.6 is 0 Å². The maximum Gasteiger partial charge on any atom is 0.387 e. The number of nitrogens with zero attached hydrogens (tertiary/aromatic N) is 1. The molecule has 158 valence electrons. The van der Waals surface area contributed by atoms with Crippen LogP contribution < -0.4 is 15.4 Å². The number of likely N-dealkylation sites (tertiary alicyclic amines) is 1. The normalized spacial score (nSPS) is 20.3. The van der Waals surface area contributed by atoms with Crippen molar-refractivity contribution in [3.05, 3.63) is 41.1 Å². The van der Waals surface area contributed by atoms with Gasteiger partial charge in [0.15, 0.2) is 0 Å². The minimum Gasteiger partial charge on any atom is -0.463 e. The largest absolute Gasteiger partial charge is 0.463 e. The van der Waals surface area contributed by atoms with Gasteiger partial charge in [0.25, 0.3) is 0 Å². The first kappa shape index (κ1) is 21.0. The lowest BCUT2D eigenvalue weighted by atomic mass is 9.94. The van der Waals surface area contributed by atoms with E-state index in [1.165, 1.54) is 6.07 Å². The number of nitrogens with one attached hydrogen (secondary N) is 2. The van der Waals surface area contributed by atoms with E-state index in [9.17, 15) is 18.4 Å². The summed E-state index contributed by atoms with van der Waals surface area (Å²) in [5.74, 6) is -0.710. The Bertz CT molecular complexity index is 779. The SMILES string of the molecule is CCOC(=O)C1=C(CN2CCCCC2)NC(=O)N[C@@H]1c1ccccc1OC(F)F. The number of ether oxygens (including phenoxy) is 2. The molecule has 0 saturated carbocycles. The molecule has 0 aliphatic carbocycles. The molecule has 1 fully saturated rings. The van der Waals surface area contributed by atoms with Gasteiger partial charge in [-0.05, 0) is 38.9 Å². The summed E-state index contributed by atoms with van der Waals surface area (Å²) in [6.07, 6.45) is 3.24. The molecule has 9 heteroatoms. The van der Waals surface area contributed by atoms with E-state index in [0.717, 1.165) is 32.4 Å². The minimum atomic E-state index is -3.03. The fraction of sp³-hybridized carbons (Fsp3) is 0.500. The van der Waals surface area contributed by atoms with Gasteiger partial charge in [-0.15, -0.1) is 0 Å². The van der Waals surface area contributed by atoms with Gasteiger partial charge >= 0.3 is 18.6 Å². The molecule has 2 heterocycles. The van der Waals surface area contributed by atoms with Crippen LogP contribution in [0.1, 0.15) is 37.8 Å². The van der Waals surface area contributed by atoms with Crippen LogP contribution in [0.15, 0.2) is 35.5 Å². The Hall–Kier alpha value is -2.68. The quantitative estimate of drug-likeness (QED) is 0.677. The molecule has 0 aromatic heterocycles. The van der Waals surface area contributed by atoms with Crippen LogP contribution in [0.3, 0.4) is 0 Å². The molecular weight excluding hydrogens is 384 g/mol. The van der Waals surface area contributed by atoms with E-state index in [0.29, 0.717) is 12.2 Å². The second-order valence-electron chi connectivity index (χ2n) is 6.90. The van der Waals surface area contributed by atoms with Crippen molar-refractivity contribution in [2.75, 3.05) is 26.2 Å². The number of para-hydroxylation sites is 1. The zero-order valence-electron chi connectivity index (χ0n) is 16.2. The monoisotopic (exact) mass is 409 g/mol. The number of benzene rings is 1. The molecule has 0 unspecified atom stereocenters. The summed E-state index contributed by atoms with van der Waals surface area (Å²) in [7, 11) is 0. The summed E-state index contributed by atoms with van der Waals surface area (Å²) in [4.78, 5) is 27.3. The fourth-order valence-corrected chi connectivity index (χ4v) is 3.69. The Labute approximate surface area is 168 Å². The first-order valence-corrected chi connectivity index (χ1v) is 9.73. The van der Waals surface area contributed by atoms with Gasteiger partial charge in [0.2, 0.25) is 0 Å². The molecule has 7 nitrogen and oxygen atoms in total. The van der Waals surface area contributed by atoms with Crippen LogP contribution in [-0.4, -0.2) is 49.8 Å². The highest BCUT2D eigenvalue weighted by atomic mass is 19.3. The van der Waals surface area contributed by atoms with Crippen molar-refractivity contribution >= 4 is 12.0 Å². The van der Waals surface area contributed by atoms with E-state index >= 15 is 0 Å². The first-order valence-electron chi connectivity index (χ1n) is 9.73. The predicted octanol–water partition coefficient (Wildman–Crippen LogP) is 2.95. The number of rotatable bonds is 7. The summed E-state index contributed by atoms with van der Waals surface area (Å²) in [6.45, 7) is 0.888. The molecular formula is C20H25F2N3O4. The number of piperidine rings is 1. The molecule has 0 spiro atoms. The molecule has 1 saturated heterocycles. The number of esters is 1. The molecule has 1 aromatic rings. The van der Waals surface area contributed by atoms with E-state index in [2.05, 4.69) is 20.3 Å². The second kappa shape index (κ2) is 9.69. The van der Waals surface area contributed by atoms with Crippen LogP contribution in [0.5, 0.6) is 5.75 Å². The summed E-state index contributed by atoms with van der Waals surface area (Å²) in [6, 6.07) is 4.63. The lowest BCUT2D eigenvalue weighted by Gasteiger charge is -2.33. The van der Waals surface area contributed by atoms with Crippen LogP contribution in [-0.2, 0) is 9.53 Å². The van der Waals surface area contributed by atoms with Crippen LogP contribution in [0.25, 0.3) is 0 Å². The highest BCUT2D eigenvalue weighted by Gasteiger charge is 2.36. The van der Waals surface area contributed by atoms with E-state index in [-0.39, 0.29) is 23.5 Å². The fourth-order valence-electron chi connectivity index (χ4n) is 3.69. The van der Waals surface area contributed by atoms with Crippen LogP contribution in [0.2, 0.25) is 0 Å². The number of hydrogen-bond acceptors (Lipinski definition) is 5. The van der Waals surface area contributed by atoms with Gasteiger partial charge in [0, 0.05) is 17.8 Å². The van der Waals surface area contributed by atoms with Crippen molar-refractivity contribution in [3.63, 3.8) is 0 Å². The number of carbonyl (C=O) groups excluding carboxylic acids is 2. The van der Waals surface area contributed by atoms with E-state index in [1.807, 2.05) is 0 Å². The van der Waals surface area contributed by atoms with Gasteiger partial charge in [0.1, 0.15) is 5.75 Å². The minimum absolute atomic E-state index is 0.103. The Morgan fingerprint density at radius 2 is 1.97 bits per heavy atom. The third-order valence-electron chi connectivity index (χ3n) is 4.93. The molecule has 3 rings (SSSR count). The summed E-state index contributed by atoms with van der Waals surface area (Å²) in [5.41, 5.74) is 0.884. The maximum absolute atomic E-state index is 12.9. The average Bonchev–Trinajstić information content (AvgIpc) is 2.68. The first-order chi connectivity index (χ1) is 14.0. The standard InChI is InChI=1S/C20H25F2N3O4/c1-2-28-18(26)16-14(12-25-10-6-3-7-11-25)23-20(27)24-17(16)13-8-4-5-9-15(13)29-19(21)22/h4-5,8-9,17,19H,2-3,6-7,10-12H2,1H3,(H2,23,24,27)/t17-/m1/s1. The Balaban J connectivity index is 2.02. The van der Waals surface area contributed by atoms with Gasteiger partial charge in [-0.25, -0.2) is 9.59 Å². The van der Waals surface area contributed by atoms with E-state index < -0.39 is 24.7 Å². The summed E-state index contributed by atoms with van der Waals surface area (Å²) >= 11 is 0. The molecule has 2 N–H and O–H groups in total. The Morgan fingerprint density at radius 1 is 1.24 bits per heavy atom. The van der Waals surface area contributed by atoms with Crippen molar-refractivity contribution in [2.24, 2.45) is 0 Å². The van der Waals surface area contributed by atoms with Gasteiger partial charge in [-0.3, -0.25) is 4.90 Å². The average molecular weight is 409 g/mol. The highest BCUT2D eigenvalue weighted by molar-refractivity contribution is 5.95. The number of alkyl halides is 2. The van der Waals surface area contributed by atoms with Crippen molar-refractivity contribution in [3.8, 4) is 5.75 Å². The highest BCUT2D eigenvalue weighted by Crippen LogP contribution is 2.34. The lowest BCUT2D eigenvalue weighted by molar-refractivity contribution is -0.139. The number of hydrogen-bond donors (Lipinski definition) is 2. The summed E-state index contributed by atoms with van der Waals surface area (Å²) in [5, 5.41) is 5.36. The molecule has 1 atom stereocenters. The molecule has 2 amide bonds.